The molecule has 0 unspecified atom stereocenters. The van der Waals surface area contributed by atoms with Crippen molar-refractivity contribution in [2.75, 3.05) is 20.2 Å². The molecule has 20 heavy (non-hydrogen) atoms. The van der Waals surface area contributed by atoms with Crippen LogP contribution in [0.1, 0.15) is 26.3 Å². The highest BCUT2D eigenvalue weighted by Gasteiger charge is 2.16. The van der Waals surface area contributed by atoms with Crippen molar-refractivity contribution in [1.82, 2.24) is 15.2 Å². The smallest absolute Gasteiger partial charge is 0.191 e. The molecule has 0 aliphatic carbocycles. The summed E-state index contributed by atoms with van der Waals surface area (Å²) in [5.41, 5.74) is 0.994. The first-order valence-electron chi connectivity index (χ1n) is 6.65. The van der Waals surface area contributed by atoms with E-state index in [1.807, 2.05) is 31.7 Å². The lowest BCUT2D eigenvalue weighted by atomic mass is 10.1. The molecule has 1 rings (SSSR count). The zero-order valence-electron chi connectivity index (χ0n) is 13.1. The maximum Gasteiger partial charge on any atom is 0.191 e. The SMILES string of the molecule is CCNC(=NCc1ccn(C)c1)NCC(C)(C)OC.I. The fraction of sp³-hybridized carbons (Fsp3) is 0.643. The van der Waals surface area contributed by atoms with Gasteiger partial charge < -0.3 is 19.9 Å². The van der Waals surface area contributed by atoms with Crippen LogP contribution >= 0.6 is 24.0 Å². The molecule has 0 aliphatic heterocycles. The maximum atomic E-state index is 5.38. The summed E-state index contributed by atoms with van der Waals surface area (Å²) in [6.45, 7) is 8.37. The lowest BCUT2D eigenvalue weighted by Crippen LogP contribution is -2.45. The van der Waals surface area contributed by atoms with Crippen LogP contribution in [0, 0.1) is 0 Å². The van der Waals surface area contributed by atoms with Crippen LogP contribution in [0.4, 0.5) is 0 Å². The van der Waals surface area contributed by atoms with E-state index in [4.69, 9.17) is 4.74 Å². The maximum absolute atomic E-state index is 5.38. The average molecular weight is 394 g/mol. The van der Waals surface area contributed by atoms with Crippen LogP contribution in [-0.4, -0.2) is 36.3 Å². The summed E-state index contributed by atoms with van der Waals surface area (Å²) in [5, 5.41) is 6.53. The Morgan fingerprint density at radius 2 is 2.10 bits per heavy atom. The number of halogens is 1. The fourth-order valence-electron chi connectivity index (χ4n) is 1.54. The minimum Gasteiger partial charge on any atom is -0.377 e. The van der Waals surface area contributed by atoms with E-state index in [-0.39, 0.29) is 29.6 Å². The molecule has 1 aromatic rings. The number of methoxy groups -OCH3 is 1. The van der Waals surface area contributed by atoms with Gasteiger partial charge in [-0.3, -0.25) is 0 Å². The second-order valence-corrected chi connectivity index (χ2v) is 5.20. The number of aromatic nitrogens is 1. The Morgan fingerprint density at radius 3 is 2.60 bits per heavy atom. The summed E-state index contributed by atoms with van der Waals surface area (Å²) in [7, 11) is 3.73. The Morgan fingerprint density at radius 1 is 1.40 bits per heavy atom. The Labute approximate surface area is 139 Å². The van der Waals surface area contributed by atoms with E-state index in [1.54, 1.807) is 7.11 Å². The van der Waals surface area contributed by atoms with Crippen molar-refractivity contribution in [2.45, 2.75) is 32.9 Å². The highest BCUT2D eigenvalue weighted by molar-refractivity contribution is 14.0. The van der Waals surface area contributed by atoms with Gasteiger partial charge in [-0.15, -0.1) is 24.0 Å². The molecule has 0 amide bonds. The van der Waals surface area contributed by atoms with Crippen molar-refractivity contribution in [3.05, 3.63) is 24.0 Å². The van der Waals surface area contributed by atoms with Crippen molar-refractivity contribution in [3.63, 3.8) is 0 Å². The van der Waals surface area contributed by atoms with E-state index in [0.29, 0.717) is 13.1 Å². The molecule has 0 aliphatic rings. The molecule has 116 valence electrons. The normalized spacial score (nSPS) is 11.9. The van der Waals surface area contributed by atoms with Crippen LogP contribution in [-0.2, 0) is 18.3 Å². The first-order valence-corrected chi connectivity index (χ1v) is 6.65. The zero-order chi connectivity index (χ0) is 14.3. The molecule has 0 saturated heterocycles. The molecule has 2 N–H and O–H groups in total. The number of rotatable bonds is 6. The van der Waals surface area contributed by atoms with Gasteiger partial charge in [-0.2, -0.15) is 0 Å². The Bertz CT molecular complexity index is 415. The summed E-state index contributed by atoms with van der Waals surface area (Å²) in [6.07, 6.45) is 4.10. The third-order valence-corrected chi connectivity index (χ3v) is 2.89. The van der Waals surface area contributed by atoms with Gasteiger partial charge in [0, 0.05) is 39.6 Å². The minimum absolute atomic E-state index is 0. The van der Waals surface area contributed by atoms with Crippen molar-refractivity contribution >= 4 is 29.9 Å². The molecule has 5 nitrogen and oxygen atoms in total. The van der Waals surface area contributed by atoms with Crippen LogP contribution < -0.4 is 10.6 Å². The van der Waals surface area contributed by atoms with E-state index >= 15 is 0 Å². The van der Waals surface area contributed by atoms with Crippen molar-refractivity contribution in [2.24, 2.45) is 12.0 Å². The lowest BCUT2D eigenvalue weighted by molar-refractivity contribution is 0.0268. The monoisotopic (exact) mass is 394 g/mol. The molecule has 6 heteroatoms. The summed E-state index contributed by atoms with van der Waals surface area (Å²) < 4.78 is 7.41. The molecule has 1 heterocycles. The summed E-state index contributed by atoms with van der Waals surface area (Å²) in [4.78, 5) is 4.56. The molecular weight excluding hydrogens is 367 g/mol. The number of hydrogen-bond donors (Lipinski definition) is 2. The largest absolute Gasteiger partial charge is 0.377 e. The quantitative estimate of drug-likeness (QED) is 0.442. The van der Waals surface area contributed by atoms with Gasteiger partial charge in [0.05, 0.1) is 12.1 Å². The molecule has 0 aromatic carbocycles. The zero-order valence-corrected chi connectivity index (χ0v) is 15.4. The number of nitrogens with one attached hydrogen (secondary N) is 2. The number of nitrogens with zero attached hydrogens (tertiary/aromatic N) is 2. The Hall–Kier alpha value is -0.760. The van der Waals surface area contributed by atoms with E-state index in [0.717, 1.165) is 12.5 Å². The third-order valence-electron chi connectivity index (χ3n) is 2.89. The number of aryl methyl sites for hydroxylation is 1. The molecule has 0 radical (unpaired) electrons. The molecule has 0 atom stereocenters. The predicted octanol–water partition coefficient (Wildman–Crippen LogP) is 2.12. The van der Waals surface area contributed by atoms with E-state index in [2.05, 4.69) is 34.8 Å². The van der Waals surface area contributed by atoms with Crippen LogP contribution in [0.15, 0.2) is 23.5 Å². The molecule has 1 aromatic heterocycles. The fourth-order valence-corrected chi connectivity index (χ4v) is 1.54. The van der Waals surface area contributed by atoms with Gasteiger partial charge in [0.1, 0.15) is 0 Å². The van der Waals surface area contributed by atoms with Crippen LogP contribution in [0.25, 0.3) is 0 Å². The Balaban J connectivity index is 0.00000361. The van der Waals surface area contributed by atoms with Gasteiger partial charge in [0.25, 0.3) is 0 Å². The van der Waals surface area contributed by atoms with Gasteiger partial charge in [0.2, 0.25) is 0 Å². The highest BCUT2D eigenvalue weighted by Crippen LogP contribution is 2.05. The highest BCUT2D eigenvalue weighted by atomic mass is 127. The summed E-state index contributed by atoms with van der Waals surface area (Å²) in [5.74, 6) is 0.816. The van der Waals surface area contributed by atoms with Crippen LogP contribution in [0.2, 0.25) is 0 Å². The topological polar surface area (TPSA) is 50.6 Å². The molecule has 0 saturated carbocycles. The summed E-state index contributed by atoms with van der Waals surface area (Å²) in [6, 6.07) is 2.08. The van der Waals surface area contributed by atoms with Crippen molar-refractivity contribution in [1.29, 1.82) is 0 Å². The minimum atomic E-state index is -0.205. The van der Waals surface area contributed by atoms with Gasteiger partial charge >= 0.3 is 0 Å². The lowest BCUT2D eigenvalue weighted by Gasteiger charge is -2.24. The van der Waals surface area contributed by atoms with E-state index in [9.17, 15) is 0 Å². The molecular formula is C14H27IN4O. The molecule has 0 fully saturated rings. The van der Waals surface area contributed by atoms with Gasteiger partial charge in [-0.25, -0.2) is 4.99 Å². The van der Waals surface area contributed by atoms with Crippen LogP contribution in [0.3, 0.4) is 0 Å². The van der Waals surface area contributed by atoms with E-state index in [1.165, 1.54) is 5.56 Å². The Kier molecular flexibility index (Phi) is 8.88. The molecule has 0 spiro atoms. The number of ether oxygens (including phenoxy) is 1. The van der Waals surface area contributed by atoms with Gasteiger partial charge in [0.15, 0.2) is 5.96 Å². The van der Waals surface area contributed by atoms with Gasteiger partial charge in [-0.05, 0) is 32.4 Å². The van der Waals surface area contributed by atoms with Crippen molar-refractivity contribution in [3.8, 4) is 0 Å². The van der Waals surface area contributed by atoms with Crippen molar-refractivity contribution < 1.29 is 4.74 Å². The third kappa shape index (κ3) is 7.14. The number of hydrogen-bond acceptors (Lipinski definition) is 2. The first-order chi connectivity index (χ1) is 8.96. The standard InChI is InChI=1S/C14H26N4O.HI/c1-6-15-13(17-11-14(2,3)19-5)16-9-12-7-8-18(4)10-12;/h7-8,10H,6,9,11H2,1-5H3,(H2,15,16,17);1H. The number of aliphatic imine (C=N–C) groups is 1. The number of guanidine groups is 1. The second-order valence-electron chi connectivity index (χ2n) is 5.20. The molecule has 0 bridgehead atoms. The van der Waals surface area contributed by atoms with E-state index < -0.39 is 0 Å². The van der Waals surface area contributed by atoms with Gasteiger partial charge in [-0.1, -0.05) is 0 Å². The van der Waals surface area contributed by atoms with Crippen LogP contribution in [0.5, 0.6) is 0 Å². The average Bonchev–Trinajstić information content (AvgIpc) is 2.79. The second kappa shape index (κ2) is 9.23. The summed E-state index contributed by atoms with van der Waals surface area (Å²) >= 11 is 0. The predicted molar refractivity (Wildman–Crippen MR) is 94.7 cm³/mol. The first kappa shape index (κ1) is 19.2.